The summed E-state index contributed by atoms with van der Waals surface area (Å²) in [6.07, 6.45) is 9.44. The zero-order chi connectivity index (χ0) is 32.6. The summed E-state index contributed by atoms with van der Waals surface area (Å²) in [5.41, 5.74) is 7.31. The van der Waals surface area contributed by atoms with Crippen LogP contribution < -0.4 is 10.2 Å². The van der Waals surface area contributed by atoms with Crippen LogP contribution in [0.2, 0.25) is 0 Å². The standard InChI is InChI=1S/C38H39N7O3/c46-36-4-2-1-3-31(36)34-23-35-33(41-42-34)17-22-45(35)29-9-11-32(39-24-29)26-13-18-43(19-14-26)28-15-20-44(21-16-28)27-7-5-25(6-8-27)30-10-12-37(47)40-38(30)48/h1-9,11,17,22-24,26,28,30,46H,10,12-16,18-21H2,(H,40,47,48). The normalized spacial score (nSPS) is 19.9. The van der Waals surface area contributed by atoms with Gasteiger partial charge in [0.1, 0.15) is 11.3 Å². The first-order valence-electron chi connectivity index (χ1n) is 17.0. The lowest BCUT2D eigenvalue weighted by molar-refractivity contribution is -0.134. The summed E-state index contributed by atoms with van der Waals surface area (Å²) < 4.78 is 2.08. The second kappa shape index (κ2) is 12.8. The van der Waals surface area contributed by atoms with Crippen molar-refractivity contribution in [1.29, 1.82) is 0 Å². The minimum absolute atomic E-state index is 0.175. The number of nitrogens with zero attached hydrogens (tertiary/aromatic N) is 6. The van der Waals surface area contributed by atoms with Crippen LogP contribution in [0.4, 0.5) is 5.69 Å². The van der Waals surface area contributed by atoms with Gasteiger partial charge in [0.15, 0.2) is 0 Å². The third-order valence-corrected chi connectivity index (χ3v) is 10.5. The molecule has 3 aromatic heterocycles. The number of aromatic hydroxyl groups is 1. The highest BCUT2D eigenvalue weighted by Gasteiger charge is 2.30. The van der Waals surface area contributed by atoms with Crippen LogP contribution in [-0.4, -0.2) is 73.8 Å². The number of benzene rings is 2. The first-order chi connectivity index (χ1) is 23.5. The quantitative estimate of drug-likeness (QED) is 0.232. The van der Waals surface area contributed by atoms with E-state index in [1.165, 1.54) is 5.69 Å². The molecule has 3 fully saturated rings. The third kappa shape index (κ3) is 5.92. The second-order valence-electron chi connectivity index (χ2n) is 13.3. The Balaban J connectivity index is 0.856. The molecular weight excluding hydrogens is 602 g/mol. The van der Waals surface area contributed by atoms with Gasteiger partial charge in [0, 0.05) is 54.6 Å². The van der Waals surface area contributed by atoms with Crippen molar-refractivity contribution < 1.29 is 14.7 Å². The number of hydrogen-bond donors (Lipinski definition) is 2. The number of imide groups is 1. The van der Waals surface area contributed by atoms with Gasteiger partial charge in [-0.25, -0.2) is 0 Å². The minimum Gasteiger partial charge on any atom is -0.507 e. The molecule has 3 saturated heterocycles. The Labute approximate surface area is 279 Å². The van der Waals surface area contributed by atoms with E-state index in [9.17, 15) is 14.7 Å². The van der Waals surface area contributed by atoms with E-state index >= 15 is 0 Å². The molecule has 10 nitrogen and oxygen atoms in total. The number of carbonyl (C=O) groups excluding carboxylic acids is 2. The Morgan fingerprint density at radius 3 is 2.29 bits per heavy atom. The van der Waals surface area contributed by atoms with E-state index in [0.717, 1.165) is 79.8 Å². The molecule has 0 saturated carbocycles. The molecule has 0 aliphatic carbocycles. The van der Waals surface area contributed by atoms with E-state index < -0.39 is 0 Å². The summed E-state index contributed by atoms with van der Waals surface area (Å²) in [6, 6.07) is 24.4. The predicted octanol–water partition coefficient (Wildman–Crippen LogP) is 5.56. The van der Waals surface area contributed by atoms with Gasteiger partial charge in [-0.1, -0.05) is 24.3 Å². The SMILES string of the molecule is O=C1CCC(c2ccc(N3CCC(N4CCC(c5ccc(-n6ccc7nnc(-c8ccccc8O)cc76)cn5)CC4)CC3)cc2)C(=O)N1. The fourth-order valence-corrected chi connectivity index (χ4v) is 7.74. The summed E-state index contributed by atoms with van der Waals surface area (Å²) in [4.78, 5) is 33.8. The number of pyridine rings is 1. The summed E-state index contributed by atoms with van der Waals surface area (Å²) >= 11 is 0. The molecule has 0 bridgehead atoms. The van der Waals surface area contributed by atoms with Crippen molar-refractivity contribution in [3.63, 3.8) is 0 Å². The van der Waals surface area contributed by atoms with Crippen LogP contribution in [0.5, 0.6) is 5.75 Å². The Bertz CT molecular complexity index is 1940. The van der Waals surface area contributed by atoms with E-state index in [2.05, 4.69) is 66.3 Å². The number of piperidine rings is 3. The van der Waals surface area contributed by atoms with Crippen LogP contribution in [0, 0.1) is 0 Å². The number of rotatable bonds is 6. The molecule has 10 heteroatoms. The average molecular weight is 642 g/mol. The molecule has 244 valence electrons. The molecule has 0 spiro atoms. The molecule has 1 atom stereocenters. The number of amides is 2. The van der Waals surface area contributed by atoms with Crippen LogP contribution in [-0.2, 0) is 9.59 Å². The number of para-hydroxylation sites is 1. The van der Waals surface area contributed by atoms with Crippen molar-refractivity contribution in [2.24, 2.45) is 0 Å². The fraction of sp³-hybridized carbons (Fsp3) is 0.342. The number of fused-ring (bicyclic) bond motifs is 1. The Morgan fingerprint density at radius 2 is 1.56 bits per heavy atom. The number of nitrogens with one attached hydrogen (secondary N) is 1. The van der Waals surface area contributed by atoms with Crippen molar-refractivity contribution in [3.05, 3.63) is 96.4 Å². The van der Waals surface area contributed by atoms with Crippen LogP contribution >= 0.6 is 0 Å². The van der Waals surface area contributed by atoms with E-state index in [0.29, 0.717) is 36.1 Å². The van der Waals surface area contributed by atoms with Crippen LogP contribution in [0.1, 0.15) is 61.6 Å². The molecule has 8 rings (SSSR count). The topological polar surface area (TPSA) is 116 Å². The second-order valence-corrected chi connectivity index (χ2v) is 13.3. The van der Waals surface area contributed by atoms with Gasteiger partial charge in [-0.15, -0.1) is 10.2 Å². The van der Waals surface area contributed by atoms with E-state index in [1.54, 1.807) is 12.1 Å². The summed E-state index contributed by atoms with van der Waals surface area (Å²) in [5, 5.41) is 21.5. The molecular formula is C38H39N7O3. The number of phenolic OH excluding ortho intramolecular Hbond substituents is 1. The fourth-order valence-electron chi connectivity index (χ4n) is 7.74. The largest absolute Gasteiger partial charge is 0.507 e. The highest BCUT2D eigenvalue weighted by atomic mass is 16.3. The van der Waals surface area contributed by atoms with Crippen LogP contribution in [0.25, 0.3) is 28.0 Å². The van der Waals surface area contributed by atoms with Gasteiger partial charge in [-0.3, -0.25) is 19.9 Å². The average Bonchev–Trinajstić information content (AvgIpc) is 3.56. The molecule has 3 aliphatic heterocycles. The number of aromatic nitrogens is 4. The lowest BCUT2D eigenvalue weighted by atomic mass is 9.90. The van der Waals surface area contributed by atoms with Gasteiger partial charge in [-0.05, 0) is 99.3 Å². The third-order valence-electron chi connectivity index (χ3n) is 10.5. The molecule has 48 heavy (non-hydrogen) atoms. The molecule has 2 aromatic carbocycles. The van der Waals surface area contributed by atoms with Crippen LogP contribution in [0.15, 0.2) is 85.2 Å². The highest BCUT2D eigenvalue weighted by Crippen LogP contribution is 2.33. The van der Waals surface area contributed by atoms with Crippen LogP contribution in [0.3, 0.4) is 0 Å². The van der Waals surface area contributed by atoms with Gasteiger partial charge < -0.3 is 19.5 Å². The molecule has 1 unspecified atom stereocenters. The van der Waals surface area contributed by atoms with Gasteiger partial charge >= 0.3 is 0 Å². The maximum absolute atomic E-state index is 12.3. The summed E-state index contributed by atoms with van der Waals surface area (Å²) in [5.74, 6) is 0.0463. The van der Waals surface area contributed by atoms with E-state index in [4.69, 9.17) is 4.98 Å². The minimum atomic E-state index is -0.237. The summed E-state index contributed by atoms with van der Waals surface area (Å²) in [6.45, 7) is 4.24. The smallest absolute Gasteiger partial charge is 0.234 e. The predicted molar refractivity (Wildman–Crippen MR) is 184 cm³/mol. The van der Waals surface area contributed by atoms with Gasteiger partial charge in [0.2, 0.25) is 11.8 Å². The van der Waals surface area contributed by atoms with Gasteiger partial charge in [0.05, 0.1) is 29.0 Å². The number of carbonyl (C=O) groups is 2. The van der Waals surface area contributed by atoms with Crippen molar-refractivity contribution >= 4 is 28.5 Å². The molecule has 6 heterocycles. The van der Waals surface area contributed by atoms with Gasteiger partial charge in [0.25, 0.3) is 0 Å². The molecule has 2 N–H and O–H groups in total. The zero-order valence-corrected chi connectivity index (χ0v) is 26.8. The number of likely N-dealkylation sites (tertiary alicyclic amines) is 1. The first kappa shape index (κ1) is 30.3. The van der Waals surface area contributed by atoms with Crippen molar-refractivity contribution in [2.75, 3.05) is 31.1 Å². The maximum atomic E-state index is 12.3. The molecule has 2 amide bonds. The van der Waals surface area contributed by atoms with Crippen molar-refractivity contribution in [2.45, 2.75) is 56.4 Å². The zero-order valence-electron chi connectivity index (χ0n) is 26.8. The number of hydrogen-bond acceptors (Lipinski definition) is 8. The Kier molecular flexibility index (Phi) is 8.09. The molecule has 0 radical (unpaired) electrons. The monoisotopic (exact) mass is 641 g/mol. The van der Waals surface area contributed by atoms with Crippen molar-refractivity contribution in [1.82, 2.24) is 30.0 Å². The molecule has 3 aliphatic rings. The molecule has 5 aromatic rings. The number of phenols is 1. The van der Waals surface area contributed by atoms with E-state index in [-0.39, 0.29) is 23.5 Å². The lowest BCUT2D eigenvalue weighted by Crippen LogP contribution is -2.47. The first-order valence-corrected chi connectivity index (χ1v) is 17.0. The highest BCUT2D eigenvalue weighted by molar-refractivity contribution is 6.01. The Morgan fingerprint density at radius 1 is 0.792 bits per heavy atom. The summed E-state index contributed by atoms with van der Waals surface area (Å²) in [7, 11) is 0. The van der Waals surface area contributed by atoms with Crippen molar-refractivity contribution in [3.8, 4) is 22.7 Å². The maximum Gasteiger partial charge on any atom is 0.234 e. The van der Waals surface area contributed by atoms with Gasteiger partial charge in [-0.2, -0.15) is 0 Å². The lowest BCUT2D eigenvalue weighted by Gasteiger charge is -2.42. The van der Waals surface area contributed by atoms with E-state index in [1.807, 2.05) is 36.7 Å². The number of anilines is 1. The Hall–Kier alpha value is -5.09.